The van der Waals surface area contributed by atoms with Crippen LogP contribution in [-0.2, 0) is 14.9 Å². The van der Waals surface area contributed by atoms with Gasteiger partial charge in [0.1, 0.15) is 0 Å². The molecule has 0 aromatic carbocycles. The first-order valence-corrected chi connectivity index (χ1v) is 6.28. The molecule has 1 aromatic heterocycles. The normalized spacial score (nSPS) is 20.2. The minimum atomic E-state index is -0.544. The number of pyridine rings is 1. The lowest BCUT2D eigenvalue weighted by molar-refractivity contribution is -0.134. The molecule has 1 aromatic rings. The van der Waals surface area contributed by atoms with Crippen molar-refractivity contribution < 1.29 is 14.0 Å². The van der Waals surface area contributed by atoms with E-state index in [-0.39, 0.29) is 11.8 Å². The molecule has 0 bridgehead atoms. The quantitative estimate of drug-likeness (QED) is 0.513. The van der Waals surface area contributed by atoms with Gasteiger partial charge < -0.3 is 0 Å². The number of imide groups is 1. The number of piperidine rings is 1. The molecular formula is C11H10BrFN2O2. The van der Waals surface area contributed by atoms with E-state index in [4.69, 9.17) is 0 Å². The van der Waals surface area contributed by atoms with Crippen molar-refractivity contribution in [3.05, 3.63) is 29.3 Å². The zero-order valence-electron chi connectivity index (χ0n) is 8.87. The fourth-order valence-corrected chi connectivity index (χ4v) is 2.20. The van der Waals surface area contributed by atoms with Crippen molar-refractivity contribution in [3.63, 3.8) is 0 Å². The number of hydrogen-bond donors (Lipinski definition) is 1. The van der Waals surface area contributed by atoms with Crippen LogP contribution in [0.3, 0.4) is 0 Å². The van der Waals surface area contributed by atoms with E-state index in [2.05, 4.69) is 26.2 Å². The van der Waals surface area contributed by atoms with Crippen LogP contribution in [0.1, 0.15) is 29.9 Å². The fourth-order valence-electron chi connectivity index (χ4n) is 1.81. The number of carbonyl (C=O) groups excluding carboxylic acids is 2. The van der Waals surface area contributed by atoms with Gasteiger partial charge in [0, 0.05) is 23.5 Å². The molecule has 1 aliphatic heterocycles. The molecule has 1 saturated heterocycles. The topological polar surface area (TPSA) is 59.1 Å². The molecule has 1 atom stereocenters. The van der Waals surface area contributed by atoms with E-state index in [1.807, 2.05) is 0 Å². The van der Waals surface area contributed by atoms with Gasteiger partial charge in [-0.15, -0.1) is 0 Å². The van der Waals surface area contributed by atoms with Crippen LogP contribution >= 0.6 is 15.9 Å². The van der Waals surface area contributed by atoms with Gasteiger partial charge in [0.15, 0.2) is 0 Å². The standard InChI is InChI=1S/C11H10BrFN2O2/c12-4-6-3-7(5-14-10(6)13)8-1-2-9(16)15-11(8)17/h3,5,8H,1-2,4H2,(H,15,16,17). The predicted molar refractivity (Wildman–Crippen MR) is 62.0 cm³/mol. The Morgan fingerprint density at radius 3 is 2.94 bits per heavy atom. The number of aromatic nitrogens is 1. The molecule has 0 radical (unpaired) electrons. The van der Waals surface area contributed by atoms with E-state index >= 15 is 0 Å². The highest BCUT2D eigenvalue weighted by Gasteiger charge is 2.28. The number of rotatable bonds is 2. The molecule has 2 heterocycles. The Labute approximate surface area is 106 Å². The van der Waals surface area contributed by atoms with Crippen LogP contribution in [0.4, 0.5) is 4.39 Å². The maximum Gasteiger partial charge on any atom is 0.234 e. The summed E-state index contributed by atoms with van der Waals surface area (Å²) < 4.78 is 13.2. The van der Waals surface area contributed by atoms with Crippen molar-refractivity contribution in [3.8, 4) is 0 Å². The average molecular weight is 301 g/mol. The maximum absolute atomic E-state index is 13.2. The molecular weight excluding hydrogens is 291 g/mol. The summed E-state index contributed by atoms with van der Waals surface area (Å²) in [5.41, 5.74) is 1.05. The fraction of sp³-hybridized carbons (Fsp3) is 0.364. The molecule has 90 valence electrons. The van der Waals surface area contributed by atoms with Crippen LogP contribution in [0.2, 0.25) is 0 Å². The average Bonchev–Trinajstić information content (AvgIpc) is 2.30. The first-order chi connectivity index (χ1) is 8.11. The summed E-state index contributed by atoms with van der Waals surface area (Å²) in [5, 5.41) is 2.61. The first kappa shape index (κ1) is 12.2. The van der Waals surface area contributed by atoms with Crippen LogP contribution in [0, 0.1) is 5.95 Å². The van der Waals surface area contributed by atoms with Gasteiger partial charge in [-0.2, -0.15) is 4.39 Å². The Hall–Kier alpha value is -1.30. The lowest BCUT2D eigenvalue weighted by atomic mass is 9.91. The van der Waals surface area contributed by atoms with Crippen LogP contribution in [-0.4, -0.2) is 16.8 Å². The Morgan fingerprint density at radius 1 is 1.53 bits per heavy atom. The van der Waals surface area contributed by atoms with Crippen molar-refractivity contribution in [1.29, 1.82) is 0 Å². The lowest BCUT2D eigenvalue weighted by Crippen LogP contribution is -2.39. The Morgan fingerprint density at radius 2 is 2.29 bits per heavy atom. The van der Waals surface area contributed by atoms with Gasteiger partial charge in [-0.1, -0.05) is 15.9 Å². The van der Waals surface area contributed by atoms with Gasteiger partial charge in [-0.05, 0) is 18.1 Å². The molecule has 0 spiro atoms. The third-order valence-corrected chi connectivity index (χ3v) is 3.32. The van der Waals surface area contributed by atoms with E-state index in [0.29, 0.717) is 29.3 Å². The Kier molecular flexibility index (Phi) is 3.51. The van der Waals surface area contributed by atoms with Crippen molar-refractivity contribution in [2.75, 3.05) is 0 Å². The van der Waals surface area contributed by atoms with Crippen molar-refractivity contribution >= 4 is 27.7 Å². The summed E-state index contributed by atoms with van der Waals surface area (Å²) in [6, 6.07) is 1.61. The highest BCUT2D eigenvalue weighted by molar-refractivity contribution is 9.08. The number of nitrogens with one attached hydrogen (secondary N) is 1. The SMILES string of the molecule is O=C1CCC(c2cnc(F)c(CBr)c2)C(=O)N1. The predicted octanol–water partition coefficient (Wildman–Crippen LogP) is 1.64. The second kappa shape index (κ2) is 4.91. The van der Waals surface area contributed by atoms with Crippen LogP contribution in [0.15, 0.2) is 12.3 Å². The lowest BCUT2D eigenvalue weighted by Gasteiger charge is -2.21. The summed E-state index contributed by atoms with van der Waals surface area (Å²) in [6.45, 7) is 0. The number of halogens is 2. The molecule has 1 fully saturated rings. The Balaban J connectivity index is 2.28. The van der Waals surface area contributed by atoms with E-state index in [9.17, 15) is 14.0 Å². The maximum atomic E-state index is 13.2. The molecule has 6 heteroatoms. The van der Waals surface area contributed by atoms with E-state index in [0.717, 1.165) is 0 Å². The summed E-state index contributed by atoms with van der Waals surface area (Å²) in [5.74, 6) is -1.56. The van der Waals surface area contributed by atoms with Gasteiger partial charge in [-0.3, -0.25) is 14.9 Å². The second-order valence-electron chi connectivity index (χ2n) is 3.86. The monoisotopic (exact) mass is 300 g/mol. The minimum absolute atomic E-state index is 0.262. The molecule has 1 N–H and O–H groups in total. The molecule has 4 nitrogen and oxygen atoms in total. The molecule has 2 rings (SSSR count). The summed E-state index contributed by atoms with van der Waals surface area (Å²) >= 11 is 3.16. The van der Waals surface area contributed by atoms with Crippen molar-refractivity contribution in [1.82, 2.24) is 10.3 Å². The van der Waals surface area contributed by atoms with Crippen LogP contribution in [0.5, 0.6) is 0 Å². The number of alkyl halides is 1. The summed E-state index contributed by atoms with van der Waals surface area (Å²) in [7, 11) is 0. The summed E-state index contributed by atoms with van der Waals surface area (Å²) in [4.78, 5) is 26.3. The van der Waals surface area contributed by atoms with E-state index in [1.165, 1.54) is 6.20 Å². The second-order valence-corrected chi connectivity index (χ2v) is 4.42. The number of nitrogens with zero attached hydrogens (tertiary/aromatic N) is 1. The minimum Gasteiger partial charge on any atom is -0.296 e. The Bertz CT molecular complexity index is 479. The van der Waals surface area contributed by atoms with Gasteiger partial charge in [0.05, 0.1) is 5.92 Å². The number of hydrogen-bond acceptors (Lipinski definition) is 3. The van der Waals surface area contributed by atoms with Crippen LogP contribution in [0.25, 0.3) is 0 Å². The van der Waals surface area contributed by atoms with E-state index in [1.54, 1.807) is 6.07 Å². The van der Waals surface area contributed by atoms with Crippen LogP contribution < -0.4 is 5.32 Å². The van der Waals surface area contributed by atoms with Gasteiger partial charge >= 0.3 is 0 Å². The molecule has 0 saturated carbocycles. The third kappa shape index (κ3) is 2.52. The van der Waals surface area contributed by atoms with E-state index < -0.39 is 11.9 Å². The molecule has 2 amide bonds. The zero-order valence-corrected chi connectivity index (χ0v) is 10.5. The number of amides is 2. The summed E-state index contributed by atoms with van der Waals surface area (Å²) in [6.07, 6.45) is 2.10. The zero-order chi connectivity index (χ0) is 12.4. The van der Waals surface area contributed by atoms with Crippen molar-refractivity contribution in [2.45, 2.75) is 24.1 Å². The first-order valence-electron chi connectivity index (χ1n) is 5.16. The van der Waals surface area contributed by atoms with Gasteiger partial charge in [0.25, 0.3) is 0 Å². The molecule has 1 unspecified atom stereocenters. The highest BCUT2D eigenvalue weighted by Crippen LogP contribution is 2.25. The third-order valence-electron chi connectivity index (χ3n) is 2.72. The molecule has 1 aliphatic rings. The smallest absolute Gasteiger partial charge is 0.234 e. The number of carbonyl (C=O) groups is 2. The molecule has 17 heavy (non-hydrogen) atoms. The van der Waals surface area contributed by atoms with Gasteiger partial charge in [0.2, 0.25) is 17.8 Å². The largest absolute Gasteiger partial charge is 0.296 e. The molecule has 0 aliphatic carbocycles. The van der Waals surface area contributed by atoms with Crippen molar-refractivity contribution in [2.24, 2.45) is 0 Å². The van der Waals surface area contributed by atoms with Gasteiger partial charge in [-0.25, -0.2) is 4.98 Å². The highest BCUT2D eigenvalue weighted by atomic mass is 79.9.